The van der Waals surface area contributed by atoms with Crippen LogP contribution in [0.2, 0.25) is 0 Å². The van der Waals surface area contributed by atoms with Crippen LogP contribution in [0.5, 0.6) is 0 Å². The van der Waals surface area contributed by atoms with E-state index in [1.54, 1.807) is 10.6 Å². The van der Waals surface area contributed by atoms with E-state index in [4.69, 9.17) is 0 Å². The van der Waals surface area contributed by atoms with E-state index in [0.29, 0.717) is 4.47 Å². The van der Waals surface area contributed by atoms with Gasteiger partial charge in [0.25, 0.3) is 5.56 Å². The number of nitrogens with zero attached hydrogens (tertiary/aromatic N) is 3. The van der Waals surface area contributed by atoms with Crippen LogP contribution < -0.4 is 5.56 Å². The van der Waals surface area contributed by atoms with Crippen LogP contribution in [0.25, 0.3) is 0 Å². The Balaban J connectivity index is 1.90. The fraction of sp³-hybridized carbons (Fsp3) is 0.583. The maximum Gasteiger partial charge on any atom is 0.264 e. The van der Waals surface area contributed by atoms with Gasteiger partial charge in [-0.2, -0.15) is 0 Å². The number of pyridine rings is 1. The highest BCUT2D eigenvalue weighted by atomic mass is 79.9. The van der Waals surface area contributed by atoms with Gasteiger partial charge in [-0.25, -0.2) is 0 Å². The van der Waals surface area contributed by atoms with E-state index in [-0.39, 0.29) is 5.56 Å². The van der Waals surface area contributed by atoms with Gasteiger partial charge in [0.15, 0.2) is 0 Å². The van der Waals surface area contributed by atoms with Crippen LogP contribution in [0.1, 0.15) is 0 Å². The van der Waals surface area contributed by atoms with E-state index >= 15 is 0 Å². The molecule has 2 rings (SSSR count). The molecule has 2 heterocycles. The fourth-order valence-corrected chi connectivity index (χ4v) is 2.38. The number of likely N-dealkylation sites (N-methyl/N-ethyl adjacent to an activating group) is 1. The van der Waals surface area contributed by atoms with Gasteiger partial charge >= 0.3 is 0 Å². The van der Waals surface area contributed by atoms with Gasteiger partial charge in [0.2, 0.25) is 0 Å². The van der Waals surface area contributed by atoms with Crippen LogP contribution in [0, 0.1) is 0 Å². The normalized spacial score (nSPS) is 18.5. The number of hydrogen-bond donors (Lipinski definition) is 0. The average molecular weight is 300 g/mol. The third-order valence-electron chi connectivity index (χ3n) is 3.23. The first-order chi connectivity index (χ1) is 8.16. The molecule has 1 fully saturated rings. The first-order valence-electron chi connectivity index (χ1n) is 5.92. The standard InChI is InChI=1S/C12H18BrN3O/c1-14-5-7-15(8-6-14)9-10-16-4-2-3-11(13)12(16)17/h2-4H,5-10H2,1H3. The van der Waals surface area contributed by atoms with Crippen molar-refractivity contribution >= 4 is 15.9 Å². The van der Waals surface area contributed by atoms with Crippen molar-refractivity contribution in [3.8, 4) is 0 Å². The topological polar surface area (TPSA) is 28.5 Å². The summed E-state index contributed by atoms with van der Waals surface area (Å²) in [5.41, 5.74) is 0.0571. The molecule has 0 unspecified atom stereocenters. The van der Waals surface area contributed by atoms with Gasteiger partial charge in [0.05, 0.1) is 4.47 Å². The van der Waals surface area contributed by atoms with Crippen LogP contribution >= 0.6 is 15.9 Å². The third-order valence-corrected chi connectivity index (χ3v) is 3.83. The lowest BCUT2D eigenvalue weighted by molar-refractivity contribution is 0.149. The molecule has 4 nitrogen and oxygen atoms in total. The van der Waals surface area contributed by atoms with Gasteiger partial charge < -0.3 is 9.47 Å². The van der Waals surface area contributed by atoms with Crippen LogP contribution in [0.4, 0.5) is 0 Å². The monoisotopic (exact) mass is 299 g/mol. The molecule has 1 aromatic rings. The van der Waals surface area contributed by atoms with Gasteiger partial charge in [0.1, 0.15) is 0 Å². The van der Waals surface area contributed by atoms with Crippen molar-refractivity contribution in [1.29, 1.82) is 0 Å². The SMILES string of the molecule is CN1CCN(CCn2cccc(Br)c2=O)CC1. The average Bonchev–Trinajstić information content (AvgIpc) is 2.33. The van der Waals surface area contributed by atoms with E-state index in [2.05, 4.69) is 32.8 Å². The van der Waals surface area contributed by atoms with Gasteiger partial charge in [0, 0.05) is 45.5 Å². The number of halogens is 1. The van der Waals surface area contributed by atoms with Crippen LogP contribution in [0.15, 0.2) is 27.6 Å². The summed E-state index contributed by atoms with van der Waals surface area (Å²) in [6.07, 6.45) is 1.85. The molecular formula is C12H18BrN3O. The Morgan fingerprint density at radius 3 is 2.65 bits per heavy atom. The summed E-state index contributed by atoms with van der Waals surface area (Å²) < 4.78 is 2.40. The largest absolute Gasteiger partial charge is 0.313 e. The van der Waals surface area contributed by atoms with Gasteiger partial charge in [-0.1, -0.05) is 0 Å². The molecule has 1 aromatic heterocycles. The molecule has 0 atom stereocenters. The van der Waals surface area contributed by atoms with Crippen molar-refractivity contribution in [3.05, 3.63) is 33.2 Å². The second-order valence-electron chi connectivity index (χ2n) is 4.50. The Morgan fingerprint density at radius 1 is 1.24 bits per heavy atom. The Kier molecular flexibility index (Phi) is 4.36. The molecule has 0 aromatic carbocycles. The second-order valence-corrected chi connectivity index (χ2v) is 5.35. The highest BCUT2D eigenvalue weighted by Crippen LogP contribution is 2.02. The fourth-order valence-electron chi connectivity index (χ4n) is 2.00. The van der Waals surface area contributed by atoms with E-state index < -0.39 is 0 Å². The lowest BCUT2D eigenvalue weighted by Crippen LogP contribution is -2.45. The molecule has 0 saturated carbocycles. The molecular weight excluding hydrogens is 282 g/mol. The first-order valence-corrected chi connectivity index (χ1v) is 6.72. The van der Waals surface area contributed by atoms with Crippen molar-refractivity contribution in [1.82, 2.24) is 14.4 Å². The predicted octanol–water partition coefficient (Wildman–Crippen LogP) is 0.858. The third kappa shape index (κ3) is 3.40. The quantitative estimate of drug-likeness (QED) is 0.829. The minimum atomic E-state index is 0.0571. The van der Waals surface area contributed by atoms with Crippen molar-refractivity contribution in [2.24, 2.45) is 0 Å². The molecule has 94 valence electrons. The number of aromatic nitrogens is 1. The maximum atomic E-state index is 11.8. The number of hydrogen-bond acceptors (Lipinski definition) is 3. The summed E-state index contributed by atoms with van der Waals surface area (Å²) in [5, 5.41) is 0. The Labute approximate surface area is 110 Å². The zero-order chi connectivity index (χ0) is 12.3. The van der Waals surface area contributed by atoms with Gasteiger partial charge in [-0.05, 0) is 35.1 Å². The molecule has 0 N–H and O–H groups in total. The first kappa shape index (κ1) is 12.8. The van der Waals surface area contributed by atoms with E-state index in [0.717, 1.165) is 39.3 Å². The lowest BCUT2D eigenvalue weighted by atomic mass is 10.3. The minimum Gasteiger partial charge on any atom is -0.313 e. The molecule has 0 amide bonds. The minimum absolute atomic E-state index is 0.0571. The molecule has 0 bridgehead atoms. The molecule has 1 saturated heterocycles. The second kappa shape index (κ2) is 5.80. The predicted molar refractivity (Wildman–Crippen MR) is 72.3 cm³/mol. The molecule has 1 aliphatic rings. The maximum absolute atomic E-state index is 11.8. The molecule has 0 aliphatic carbocycles. The van der Waals surface area contributed by atoms with E-state index in [9.17, 15) is 4.79 Å². The Bertz CT molecular complexity index is 424. The van der Waals surface area contributed by atoms with Crippen LogP contribution in [-0.2, 0) is 6.54 Å². The highest BCUT2D eigenvalue weighted by Gasteiger charge is 2.13. The Morgan fingerprint density at radius 2 is 1.94 bits per heavy atom. The highest BCUT2D eigenvalue weighted by molar-refractivity contribution is 9.10. The van der Waals surface area contributed by atoms with Crippen molar-refractivity contribution in [3.63, 3.8) is 0 Å². The summed E-state index contributed by atoms with van der Waals surface area (Å²) in [5.74, 6) is 0. The molecule has 5 heteroatoms. The molecule has 0 radical (unpaired) electrons. The van der Waals surface area contributed by atoms with Crippen LogP contribution in [-0.4, -0.2) is 54.1 Å². The molecule has 1 aliphatic heterocycles. The molecule has 17 heavy (non-hydrogen) atoms. The molecule has 0 spiro atoms. The summed E-state index contributed by atoms with van der Waals surface area (Å²) in [4.78, 5) is 16.5. The number of piperazine rings is 1. The van der Waals surface area contributed by atoms with Crippen LogP contribution in [0.3, 0.4) is 0 Å². The zero-order valence-electron chi connectivity index (χ0n) is 10.1. The van der Waals surface area contributed by atoms with Crippen molar-refractivity contribution in [2.45, 2.75) is 6.54 Å². The van der Waals surface area contributed by atoms with E-state index in [1.807, 2.05) is 12.3 Å². The summed E-state index contributed by atoms with van der Waals surface area (Å²) in [6, 6.07) is 3.68. The van der Waals surface area contributed by atoms with Crippen molar-refractivity contribution < 1.29 is 0 Å². The van der Waals surface area contributed by atoms with Gasteiger partial charge in [-0.15, -0.1) is 0 Å². The van der Waals surface area contributed by atoms with E-state index in [1.165, 1.54) is 0 Å². The van der Waals surface area contributed by atoms with Gasteiger partial charge in [-0.3, -0.25) is 9.69 Å². The summed E-state index contributed by atoms with van der Waals surface area (Å²) in [6.45, 7) is 6.14. The summed E-state index contributed by atoms with van der Waals surface area (Å²) in [7, 11) is 2.15. The Hall–Kier alpha value is -0.650. The number of rotatable bonds is 3. The lowest BCUT2D eigenvalue weighted by Gasteiger charge is -2.32. The summed E-state index contributed by atoms with van der Waals surface area (Å²) >= 11 is 3.27. The zero-order valence-corrected chi connectivity index (χ0v) is 11.7. The van der Waals surface area contributed by atoms with Crippen molar-refractivity contribution in [2.75, 3.05) is 39.8 Å². The smallest absolute Gasteiger partial charge is 0.264 e.